The lowest BCUT2D eigenvalue weighted by Crippen LogP contribution is -2.12. The van der Waals surface area contributed by atoms with E-state index in [2.05, 4.69) is 25.8 Å². The monoisotopic (exact) mass is 204 g/mol. The number of aromatic nitrogens is 1. The molecule has 0 bridgehead atoms. The minimum Gasteiger partial charge on any atom is -0.395 e. The van der Waals surface area contributed by atoms with E-state index in [0.717, 1.165) is 5.56 Å². The summed E-state index contributed by atoms with van der Waals surface area (Å²) in [5, 5.41) is 17.7. The second-order valence-electron chi connectivity index (χ2n) is 4.59. The summed E-state index contributed by atoms with van der Waals surface area (Å²) in [6.07, 6.45) is 1.77. The lowest BCUT2D eigenvalue weighted by Gasteiger charge is -2.18. The predicted molar refractivity (Wildman–Crippen MR) is 58.4 cm³/mol. The lowest BCUT2D eigenvalue weighted by atomic mass is 9.88. The van der Waals surface area contributed by atoms with Crippen molar-refractivity contribution in [3.05, 3.63) is 29.6 Å². The Bertz CT molecular complexity index is 357. The lowest BCUT2D eigenvalue weighted by molar-refractivity contribution is 0.284. The van der Waals surface area contributed by atoms with Crippen LogP contribution in [0.1, 0.15) is 37.9 Å². The van der Waals surface area contributed by atoms with Crippen LogP contribution in [-0.4, -0.2) is 16.7 Å². The largest absolute Gasteiger partial charge is 0.395 e. The van der Waals surface area contributed by atoms with Gasteiger partial charge in [-0.1, -0.05) is 26.8 Å². The topological polar surface area (TPSA) is 56.9 Å². The van der Waals surface area contributed by atoms with Crippen LogP contribution in [0.3, 0.4) is 0 Å². The fourth-order valence-electron chi connectivity index (χ4n) is 1.26. The zero-order valence-electron chi connectivity index (χ0n) is 9.36. The van der Waals surface area contributed by atoms with E-state index < -0.39 is 5.92 Å². The number of rotatable bonds is 2. The zero-order chi connectivity index (χ0) is 11.5. The predicted octanol–water partition coefficient (Wildman–Crippen LogP) is 1.98. The molecule has 0 aliphatic carbocycles. The second-order valence-corrected chi connectivity index (χ2v) is 4.59. The van der Waals surface area contributed by atoms with Crippen LogP contribution in [0.2, 0.25) is 0 Å². The highest BCUT2D eigenvalue weighted by atomic mass is 16.3. The summed E-state index contributed by atoms with van der Waals surface area (Å²) in [7, 11) is 0. The fraction of sp³-hybridized carbons (Fsp3) is 0.500. The third-order valence-corrected chi connectivity index (χ3v) is 2.35. The van der Waals surface area contributed by atoms with Gasteiger partial charge in [-0.15, -0.1) is 0 Å². The molecule has 0 aliphatic heterocycles. The summed E-state index contributed by atoms with van der Waals surface area (Å²) in [4.78, 5) is 4.20. The maximum atomic E-state index is 8.95. The third kappa shape index (κ3) is 2.77. The van der Waals surface area contributed by atoms with Crippen LogP contribution in [0.15, 0.2) is 18.3 Å². The van der Waals surface area contributed by atoms with Crippen molar-refractivity contribution in [3.8, 4) is 6.07 Å². The summed E-state index contributed by atoms with van der Waals surface area (Å²) in [5.74, 6) is -0.515. The van der Waals surface area contributed by atoms with Gasteiger partial charge in [-0.05, 0) is 17.0 Å². The normalized spacial score (nSPS) is 13.3. The maximum absolute atomic E-state index is 8.95. The molecule has 1 N–H and O–H groups in total. The molecule has 0 aromatic carbocycles. The maximum Gasteiger partial charge on any atom is 0.111 e. The van der Waals surface area contributed by atoms with Crippen LogP contribution >= 0.6 is 0 Å². The van der Waals surface area contributed by atoms with Gasteiger partial charge in [0.15, 0.2) is 0 Å². The molecular weight excluding hydrogens is 188 g/mol. The minimum absolute atomic E-state index is 0.0624. The molecule has 0 amide bonds. The van der Waals surface area contributed by atoms with Crippen molar-refractivity contribution in [3.63, 3.8) is 0 Å². The van der Waals surface area contributed by atoms with Crippen molar-refractivity contribution in [2.24, 2.45) is 0 Å². The van der Waals surface area contributed by atoms with Crippen LogP contribution in [0, 0.1) is 11.3 Å². The molecule has 1 heterocycles. The molecule has 0 spiro atoms. The Balaban J connectivity index is 2.96. The first-order valence-corrected chi connectivity index (χ1v) is 4.96. The molecule has 1 unspecified atom stereocenters. The van der Waals surface area contributed by atoms with E-state index in [-0.39, 0.29) is 12.0 Å². The minimum atomic E-state index is -0.515. The van der Waals surface area contributed by atoms with Crippen molar-refractivity contribution >= 4 is 0 Å². The van der Waals surface area contributed by atoms with Crippen molar-refractivity contribution in [1.29, 1.82) is 5.26 Å². The van der Waals surface area contributed by atoms with E-state index >= 15 is 0 Å². The molecule has 3 heteroatoms. The van der Waals surface area contributed by atoms with Crippen LogP contribution in [0.4, 0.5) is 0 Å². The molecular formula is C12H16N2O. The Morgan fingerprint density at radius 1 is 1.47 bits per heavy atom. The standard InChI is InChI=1S/C12H16N2O/c1-12(2,3)10-4-5-11(14-7-10)9(6-13)8-15/h4-5,7,9,15H,8H2,1-3H3. The molecule has 1 aromatic rings. The van der Waals surface area contributed by atoms with E-state index in [9.17, 15) is 0 Å². The van der Waals surface area contributed by atoms with Gasteiger partial charge in [-0.2, -0.15) is 5.26 Å². The van der Waals surface area contributed by atoms with Crippen molar-refractivity contribution in [2.45, 2.75) is 32.1 Å². The Hall–Kier alpha value is -1.40. The molecule has 80 valence electrons. The van der Waals surface area contributed by atoms with Crippen molar-refractivity contribution < 1.29 is 5.11 Å². The van der Waals surface area contributed by atoms with E-state index in [0.29, 0.717) is 5.69 Å². The molecule has 0 saturated heterocycles. The SMILES string of the molecule is CC(C)(C)c1ccc(C(C#N)CO)nc1. The van der Waals surface area contributed by atoms with Gasteiger partial charge in [0.25, 0.3) is 0 Å². The molecule has 0 radical (unpaired) electrons. The van der Waals surface area contributed by atoms with E-state index in [1.807, 2.05) is 18.2 Å². The van der Waals surface area contributed by atoms with E-state index in [4.69, 9.17) is 10.4 Å². The van der Waals surface area contributed by atoms with Gasteiger partial charge < -0.3 is 5.11 Å². The Kier molecular flexibility index (Phi) is 3.43. The molecule has 15 heavy (non-hydrogen) atoms. The summed E-state index contributed by atoms with van der Waals surface area (Å²) in [5.41, 5.74) is 1.82. The summed E-state index contributed by atoms with van der Waals surface area (Å²) >= 11 is 0. The number of hydrogen-bond donors (Lipinski definition) is 1. The second kappa shape index (κ2) is 4.41. The first-order chi connectivity index (χ1) is 6.99. The van der Waals surface area contributed by atoms with Gasteiger partial charge in [0, 0.05) is 6.20 Å². The summed E-state index contributed by atoms with van der Waals surface area (Å²) in [6, 6.07) is 5.78. The van der Waals surface area contributed by atoms with Crippen LogP contribution < -0.4 is 0 Å². The highest BCUT2D eigenvalue weighted by molar-refractivity contribution is 5.25. The number of nitrogens with zero attached hydrogens (tertiary/aromatic N) is 2. The number of pyridine rings is 1. The first-order valence-electron chi connectivity index (χ1n) is 4.96. The van der Waals surface area contributed by atoms with Crippen molar-refractivity contribution in [1.82, 2.24) is 4.98 Å². The van der Waals surface area contributed by atoms with Crippen LogP contribution in [0.25, 0.3) is 0 Å². The third-order valence-electron chi connectivity index (χ3n) is 2.35. The fourth-order valence-corrected chi connectivity index (χ4v) is 1.26. The Labute approximate surface area is 90.4 Å². The highest BCUT2D eigenvalue weighted by Crippen LogP contribution is 2.22. The van der Waals surface area contributed by atoms with Gasteiger partial charge >= 0.3 is 0 Å². The van der Waals surface area contributed by atoms with Crippen LogP contribution in [-0.2, 0) is 5.41 Å². The van der Waals surface area contributed by atoms with Crippen LogP contribution in [0.5, 0.6) is 0 Å². The van der Waals surface area contributed by atoms with E-state index in [1.54, 1.807) is 6.20 Å². The number of aliphatic hydroxyl groups is 1. The molecule has 0 fully saturated rings. The number of hydrogen-bond acceptors (Lipinski definition) is 3. The Morgan fingerprint density at radius 2 is 2.13 bits per heavy atom. The highest BCUT2D eigenvalue weighted by Gasteiger charge is 2.15. The van der Waals surface area contributed by atoms with Gasteiger partial charge in [0.1, 0.15) is 5.92 Å². The van der Waals surface area contributed by atoms with Gasteiger partial charge in [0.05, 0.1) is 18.4 Å². The molecule has 1 rings (SSSR count). The summed E-state index contributed by atoms with van der Waals surface area (Å²) < 4.78 is 0. The van der Waals surface area contributed by atoms with Gasteiger partial charge in [0.2, 0.25) is 0 Å². The Morgan fingerprint density at radius 3 is 2.47 bits per heavy atom. The first kappa shape index (κ1) is 11.7. The zero-order valence-corrected chi connectivity index (χ0v) is 9.36. The molecule has 1 atom stereocenters. The quantitative estimate of drug-likeness (QED) is 0.801. The van der Waals surface area contributed by atoms with Gasteiger partial charge in [-0.25, -0.2) is 0 Å². The number of aliphatic hydroxyl groups excluding tert-OH is 1. The average molecular weight is 204 g/mol. The molecule has 0 saturated carbocycles. The molecule has 1 aromatic heterocycles. The summed E-state index contributed by atoms with van der Waals surface area (Å²) in [6.45, 7) is 6.14. The van der Waals surface area contributed by atoms with Gasteiger partial charge in [-0.3, -0.25) is 4.98 Å². The average Bonchev–Trinajstić information content (AvgIpc) is 2.19. The smallest absolute Gasteiger partial charge is 0.111 e. The number of nitriles is 1. The van der Waals surface area contributed by atoms with Crippen molar-refractivity contribution in [2.75, 3.05) is 6.61 Å². The van der Waals surface area contributed by atoms with E-state index in [1.165, 1.54) is 0 Å². The molecule has 0 aliphatic rings. The molecule has 3 nitrogen and oxygen atoms in total.